The summed E-state index contributed by atoms with van der Waals surface area (Å²) in [5.74, 6) is 0.346. The third-order valence-corrected chi connectivity index (χ3v) is 5.01. The normalized spacial score (nSPS) is 15.9. The highest BCUT2D eigenvalue weighted by Crippen LogP contribution is 2.33. The fourth-order valence-electron chi connectivity index (χ4n) is 3.06. The van der Waals surface area contributed by atoms with Crippen molar-refractivity contribution in [2.45, 2.75) is 13.0 Å². The highest BCUT2D eigenvalue weighted by Gasteiger charge is 2.38. The van der Waals surface area contributed by atoms with E-state index in [4.69, 9.17) is 23.2 Å². The molecule has 136 valence electrons. The Morgan fingerprint density at radius 1 is 1.26 bits per heavy atom. The zero-order valence-electron chi connectivity index (χ0n) is 14.2. The van der Waals surface area contributed by atoms with Crippen molar-refractivity contribution in [2.75, 3.05) is 10.6 Å². The molecule has 3 aromatic rings. The van der Waals surface area contributed by atoms with E-state index in [0.717, 1.165) is 5.56 Å². The van der Waals surface area contributed by atoms with Gasteiger partial charge in [-0.25, -0.2) is 10.4 Å². The van der Waals surface area contributed by atoms with Crippen LogP contribution in [-0.4, -0.2) is 21.0 Å². The first-order valence-corrected chi connectivity index (χ1v) is 8.89. The lowest BCUT2D eigenvalue weighted by Gasteiger charge is -2.24. The monoisotopic (exact) mass is 401 g/mol. The number of pyridine rings is 1. The van der Waals surface area contributed by atoms with E-state index >= 15 is 0 Å². The fourth-order valence-corrected chi connectivity index (χ4v) is 3.37. The first-order chi connectivity index (χ1) is 13.0. The van der Waals surface area contributed by atoms with Crippen molar-refractivity contribution in [3.05, 3.63) is 75.9 Å². The highest BCUT2D eigenvalue weighted by atomic mass is 35.5. The molecule has 3 heterocycles. The van der Waals surface area contributed by atoms with Crippen LogP contribution in [-0.2, 0) is 4.79 Å². The number of hydrogen-bond acceptors (Lipinski definition) is 4. The van der Waals surface area contributed by atoms with Crippen LogP contribution in [0, 0.1) is 0 Å². The number of rotatable bonds is 3. The number of allylic oxidation sites excluding steroid dienone is 1. The van der Waals surface area contributed by atoms with E-state index < -0.39 is 6.04 Å². The molecule has 1 unspecified atom stereocenters. The van der Waals surface area contributed by atoms with Crippen LogP contribution in [0.4, 0.5) is 11.6 Å². The molecule has 1 aliphatic rings. The Bertz CT molecular complexity index is 1050. The Kier molecular flexibility index (Phi) is 4.55. The molecular weight excluding hydrogens is 387 g/mol. The number of anilines is 2. The van der Waals surface area contributed by atoms with E-state index in [1.165, 1.54) is 0 Å². The van der Waals surface area contributed by atoms with Crippen molar-refractivity contribution in [1.29, 1.82) is 0 Å². The van der Waals surface area contributed by atoms with Gasteiger partial charge >= 0.3 is 5.95 Å². The Morgan fingerprint density at radius 2 is 2.11 bits per heavy atom. The van der Waals surface area contributed by atoms with Crippen LogP contribution in [0.5, 0.6) is 0 Å². The summed E-state index contributed by atoms with van der Waals surface area (Å²) in [7, 11) is 0. The Morgan fingerprint density at radius 3 is 2.85 bits per heavy atom. The summed E-state index contributed by atoms with van der Waals surface area (Å²) in [6, 6.07) is 8.39. The van der Waals surface area contributed by atoms with Crippen molar-refractivity contribution < 1.29 is 9.48 Å². The molecule has 0 spiro atoms. The summed E-state index contributed by atoms with van der Waals surface area (Å²) in [5, 5.41) is 9.95. The average Bonchev–Trinajstić information content (AvgIpc) is 3.11. The third-order valence-electron chi connectivity index (χ3n) is 4.27. The van der Waals surface area contributed by atoms with Gasteiger partial charge in [0, 0.05) is 6.20 Å². The Hall–Kier alpha value is -2.90. The van der Waals surface area contributed by atoms with Gasteiger partial charge in [0.1, 0.15) is 0 Å². The SMILES string of the molecule is CC1=C(C(=O)Nc2cccnc2)C(c2ccc(Cl)c(Cl)c2)[n+]2[nH]cnc2N1. The molecule has 0 saturated carbocycles. The Labute approximate surface area is 165 Å². The molecular formula is C18H15Cl2N6O+. The van der Waals surface area contributed by atoms with Gasteiger partial charge in [-0.3, -0.25) is 9.78 Å². The highest BCUT2D eigenvalue weighted by molar-refractivity contribution is 6.42. The topological polar surface area (TPSA) is 86.6 Å². The Balaban J connectivity index is 1.79. The minimum atomic E-state index is -0.449. The summed E-state index contributed by atoms with van der Waals surface area (Å²) in [6.07, 6.45) is 4.79. The van der Waals surface area contributed by atoms with Gasteiger partial charge in [-0.1, -0.05) is 34.3 Å². The predicted molar refractivity (Wildman–Crippen MR) is 103 cm³/mol. The second-order valence-electron chi connectivity index (χ2n) is 6.02. The van der Waals surface area contributed by atoms with Crippen molar-refractivity contribution in [2.24, 2.45) is 0 Å². The molecule has 0 radical (unpaired) electrons. The fraction of sp³-hybridized carbons (Fsp3) is 0.111. The first kappa shape index (κ1) is 17.5. The van der Waals surface area contributed by atoms with Gasteiger partial charge in [0.05, 0.1) is 33.2 Å². The summed E-state index contributed by atoms with van der Waals surface area (Å²) < 4.78 is 1.77. The standard InChI is InChI=1S/C18H14Cl2N6O/c1-10-15(17(27)25-12-3-2-6-21-8-12)16(26-18(24-10)22-9-23-26)11-4-5-13(19)14(20)7-11/h2-9,16H,1H3,(H2,22,23,24,25,27)/p+1. The predicted octanol–water partition coefficient (Wildman–Crippen LogP) is 3.33. The van der Waals surface area contributed by atoms with Gasteiger partial charge < -0.3 is 5.32 Å². The number of carbonyl (C=O) groups is 1. The van der Waals surface area contributed by atoms with Crippen LogP contribution in [0.25, 0.3) is 0 Å². The molecule has 9 heteroatoms. The van der Waals surface area contributed by atoms with Crippen LogP contribution >= 0.6 is 23.2 Å². The maximum absolute atomic E-state index is 13.1. The molecule has 1 amide bonds. The summed E-state index contributed by atoms with van der Waals surface area (Å²) in [6.45, 7) is 1.83. The number of carbonyl (C=O) groups excluding carboxylic acids is 1. The van der Waals surface area contributed by atoms with E-state index in [1.54, 1.807) is 47.7 Å². The number of halogens is 2. The largest absolute Gasteiger partial charge is 0.416 e. The quantitative estimate of drug-likeness (QED) is 0.587. The van der Waals surface area contributed by atoms with Crippen LogP contribution in [0.1, 0.15) is 18.5 Å². The molecule has 27 heavy (non-hydrogen) atoms. The molecule has 1 aliphatic heterocycles. The average molecular weight is 402 g/mol. The van der Waals surface area contributed by atoms with Crippen molar-refractivity contribution in [1.82, 2.24) is 15.1 Å². The molecule has 7 nitrogen and oxygen atoms in total. The number of amides is 1. The van der Waals surface area contributed by atoms with Gasteiger partial charge in [0.25, 0.3) is 5.91 Å². The lowest BCUT2D eigenvalue weighted by molar-refractivity contribution is -0.746. The van der Waals surface area contributed by atoms with Crippen LogP contribution in [0.3, 0.4) is 0 Å². The van der Waals surface area contributed by atoms with Crippen molar-refractivity contribution in [3.63, 3.8) is 0 Å². The number of nitrogens with one attached hydrogen (secondary N) is 3. The molecule has 2 aromatic heterocycles. The lowest BCUT2D eigenvalue weighted by Crippen LogP contribution is -2.50. The van der Waals surface area contributed by atoms with Crippen LogP contribution in [0.2, 0.25) is 10.0 Å². The lowest BCUT2D eigenvalue weighted by atomic mass is 9.95. The number of H-pyrrole nitrogens is 1. The van der Waals surface area contributed by atoms with E-state index in [9.17, 15) is 4.79 Å². The summed E-state index contributed by atoms with van der Waals surface area (Å²) in [4.78, 5) is 21.4. The molecule has 1 aromatic carbocycles. The van der Waals surface area contributed by atoms with Crippen molar-refractivity contribution >= 4 is 40.7 Å². The minimum Gasteiger partial charge on any atom is -0.321 e. The van der Waals surface area contributed by atoms with Gasteiger partial charge in [0.15, 0.2) is 12.4 Å². The maximum atomic E-state index is 13.1. The number of fused-ring (bicyclic) bond motifs is 1. The zero-order chi connectivity index (χ0) is 19.0. The van der Waals surface area contributed by atoms with Gasteiger partial charge in [0.2, 0.25) is 0 Å². The second kappa shape index (κ2) is 7.02. The molecule has 3 N–H and O–H groups in total. The van der Waals surface area contributed by atoms with Crippen LogP contribution < -0.4 is 15.3 Å². The molecule has 0 bridgehead atoms. The van der Waals surface area contributed by atoms with Gasteiger partial charge in [-0.05, 0) is 36.8 Å². The number of nitrogens with zero attached hydrogens (tertiary/aromatic N) is 3. The smallest absolute Gasteiger partial charge is 0.321 e. The number of aromatic amines is 1. The number of aromatic nitrogens is 4. The van der Waals surface area contributed by atoms with Gasteiger partial charge in [-0.2, -0.15) is 0 Å². The first-order valence-electron chi connectivity index (χ1n) is 8.13. The molecule has 0 fully saturated rings. The summed E-state index contributed by atoms with van der Waals surface area (Å²) in [5.41, 5.74) is 2.63. The van der Waals surface area contributed by atoms with Crippen LogP contribution in [0.15, 0.2) is 60.3 Å². The van der Waals surface area contributed by atoms with Crippen molar-refractivity contribution in [3.8, 4) is 0 Å². The van der Waals surface area contributed by atoms with E-state index in [-0.39, 0.29) is 5.91 Å². The second-order valence-corrected chi connectivity index (χ2v) is 6.83. The third kappa shape index (κ3) is 3.27. The molecule has 4 rings (SSSR count). The van der Waals surface area contributed by atoms with E-state index in [0.29, 0.717) is 33.0 Å². The minimum absolute atomic E-state index is 0.253. The van der Waals surface area contributed by atoms with Gasteiger partial charge in [-0.15, -0.1) is 4.68 Å². The molecule has 0 aliphatic carbocycles. The summed E-state index contributed by atoms with van der Waals surface area (Å²) >= 11 is 12.3. The van der Waals surface area contributed by atoms with E-state index in [2.05, 4.69) is 25.7 Å². The number of benzene rings is 1. The maximum Gasteiger partial charge on any atom is 0.416 e. The van der Waals surface area contributed by atoms with E-state index in [1.807, 2.05) is 13.0 Å². The zero-order valence-corrected chi connectivity index (χ0v) is 15.7. The molecule has 1 atom stereocenters. The number of hydrogen-bond donors (Lipinski definition) is 3. The molecule has 0 saturated heterocycles.